The van der Waals surface area contributed by atoms with Gasteiger partial charge in [0.1, 0.15) is 0 Å². The van der Waals surface area contributed by atoms with E-state index >= 15 is 0 Å². The van der Waals surface area contributed by atoms with Crippen molar-refractivity contribution < 1.29 is 14.7 Å². The topological polar surface area (TPSA) is 66.4 Å². The lowest BCUT2D eigenvalue weighted by Gasteiger charge is -2.19. The fourth-order valence-electron chi connectivity index (χ4n) is 1.61. The molecular weight excluding hydrogens is 254 g/mol. The molecule has 0 saturated heterocycles. The number of amides is 1. The number of carbonyl (C=O) groups is 2. The van der Waals surface area contributed by atoms with Crippen LogP contribution in [-0.4, -0.2) is 17.0 Å². The fraction of sp³-hybridized carbons (Fsp3) is 0.375. The van der Waals surface area contributed by atoms with Crippen molar-refractivity contribution in [2.75, 3.05) is 5.32 Å². The van der Waals surface area contributed by atoms with E-state index in [1.165, 1.54) is 19.4 Å². The zero-order chi connectivity index (χ0) is 15.5. The first-order chi connectivity index (χ1) is 9.12. The average molecular weight is 275 g/mol. The number of benzene rings is 1. The molecule has 1 amide bonds. The number of carboxylic acid groups (broad SMARTS) is 1. The number of hydrogen-bond donors (Lipinski definition) is 2. The molecule has 20 heavy (non-hydrogen) atoms. The van der Waals surface area contributed by atoms with Crippen LogP contribution >= 0.6 is 0 Å². The van der Waals surface area contributed by atoms with E-state index in [4.69, 9.17) is 5.11 Å². The lowest BCUT2D eigenvalue weighted by atomic mass is 9.87. The summed E-state index contributed by atoms with van der Waals surface area (Å²) in [5.41, 5.74) is 2.13. The standard InChI is InChI=1S/C16H21NO3/c1-10(11(2)15(19)20)14(18)17-13-8-6-12(7-9-13)16(3,4)5/h6-9H,1-5H3,(H,17,18)(H,19,20)/b11-10-. The summed E-state index contributed by atoms with van der Waals surface area (Å²) < 4.78 is 0. The van der Waals surface area contributed by atoms with Gasteiger partial charge in [0, 0.05) is 16.8 Å². The lowest BCUT2D eigenvalue weighted by molar-refractivity contribution is -0.133. The van der Waals surface area contributed by atoms with Crippen molar-refractivity contribution in [2.24, 2.45) is 0 Å². The molecule has 0 aliphatic heterocycles. The smallest absolute Gasteiger partial charge is 0.331 e. The summed E-state index contributed by atoms with van der Waals surface area (Å²) in [5.74, 6) is -1.48. The molecule has 1 aromatic carbocycles. The Kier molecular flexibility index (Phi) is 4.71. The van der Waals surface area contributed by atoms with Crippen LogP contribution < -0.4 is 5.32 Å². The van der Waals surface area contributed by atoms with Crippen molar-refractivity contribution in [1.29, 1.82) is 0 Å². The third kappa shape index (κ3) is 3.95. The molecule has 0 fully saturated rings. The molecule has 0 radical (unpaired) electrons. The Balaban J connectivity index is 2.88. The van der Waals surface area contributed by atoms with Crippen molar-refractivity contribution in [3.05, 3.63) is 41.0 Å². The van der Waals surface area contributed by atoms with Crippen molar-refractivity contribution in [3.8, 4) is 0 Å². The van der Waals surface area contributed by atoms with Crippen molar-refractivity contribution in [2.45, 2.75) is 40.0 Å². The maximum Gasteiger partial charge on any atom is 0.331 e. The van der Waals surface area contributed by atoms with Crippen LogP contribution in [0.3, 0.4) is 0 Å². The van der Waals surface area contributed by atoms with Gasteiger partial charge in [-0.2, -0.15) is 0 Å². The SMILES string of the molecule is C/C(C(=O)O)=C(\C)C(=O)Nc1ccc(C(C)(C)C)cc1. The zero-order valence-corrected chi connectivity index (χ0v) is 12.6. The van der Waals surface area contributed by atoms with Crippen LogP contribution in [0.25, 0.3) is 0 Å². The van der Waals surface area contributed by atoms with Gasteiger partial charge < -0.3 is 10.4 Å². The monoisotopic (exact) mass is 275 g/mol. The molecule has 1 aromatic rings. The average Bonchev–Trinajstić information content (AvgIpc) is 2.36. The van der Waals surface area contributed by atoms with Crippen LogP contribution in [-0.2, 0) is 15.0 Å². The van der Waals surface area contributed by atoms with E-state index in [9.17, 15) is 9.59 Å². The van der Waals surface area contributed by atoms with Crippen LogP contribution in [0.15, 0.2) is 35.4 Å². The first kappa shape index (κ1) is 16.0. The van der Waals surface area contributed by atoms with Gasteiger partial charge >= 0.3 is 5.97 Å². The molecule has 0 aliphatic rings. The van der Waals surface area contributed by atoms with E-state index in [0.29, 0.717) is 5.69 Å². The van der Waals surface area contributed by atoms with Gasteiger partial charge in [-0.15, -0.1) is 0 Å². The van der Waals surface area contributed by atoms with Crippen LogP contribution in [0.5, 0.6) is 0 Å². The molecule has 1 rings (SSSR count). The summed E-state index contributed by atoms with van der Waals surface area (Å²) in [5, 5.41) is 11.6. The van der Waals surface area contributed by atoms with Crippen LogP contribution in [0.1, 0.15) is 40.2 Å². The highest BCUT2D eigenvalue weighted by atomic mass is 16.4. The molecule has 0 heterocycles. The molecule has 2 N–H and O–H groups in total. The highest BCUT2D eigenvalue weighted by Gasteiger charge is 2.15. The molecule has 108 valence electrons. The van der Waals surface area contributed by atoms with Gasteiger partial charge in [-0.25, -0.2) is 4.79 Å². The fourth-order valence-corrected chi connectivity index (χ4v) is 1.61. The lowest BCUT2D eigenvalue weighted by Crippen LogP contribution is -2.16. The van der Waals surface area contributed by atoms with Crippen molar-refractivity contribution >= 4 is 17.6 Å². The minimum absolute atomic E-state index is 0.0498. The second kappa shape index (κ2) is 5.90. The Morgan fingerprint density at radius 2 is 1.50 bits per heavy atom. The van der Waals surface area contributed by atoms with Crippen molar-refractivity contribution in [3.63, 3.8) is 0 Å². The maximum atomic E-state index is 11.9. The Hall–Kier alpha value is -2.10. The molecule has 0 aliphatic carbocycles. The molecule has 0 unspecified atom stereocenters. The largest absolute Gasteiger partial charge is 0.478 e. The van der Waals surface area contributed by atoms with E-state index in [1.54, 1.807) is 0 Å². The number of aliphatic carboxylic acids is 1. The Morgan fingerprint density at radius 1 is 1.00 bits per heavy atom. The van der Waals surface area contributed by atoms with Gasteiger partial charge in [0.25, 0.3) is 5.91 Å². The third-order valence-corrected chi connectivity index (χ3v) is 3.23. The molecule has 0 bridgehead atoms. The number of carboxylic acids is 1. The van der Waals surface area contributed by atoms with Gasteiger partial charge in [-0.3, -0.25) is 4.79 Å². The number of nitrogens with one attached hydrogen (secondary N) is 1. The second-order valence-electron chi connectivity index (χ2n) is 5.84. The van der Waals surface area contributed by atoms with Crippen LogP contribution in [0.2, 0.25) is 0 Å². The van der Waals surface area contributed by atoms with E-state index in [-0.39, 0.29) is 16.6 Å². The predicted octanol–water partition coefficient (Wildman–Crippen LogP) is 3.34. The van der Waals surface area contributed by atoms with E-state index in [0.717, 1.165) is 0 Å². The highest BCUT2D eigenvalue weighted by Crippen LogP contribution is 2.23. The summed E-state index contributed by atoms with van der Waals surface area (Å²) in [4.78, 5) is 22.7. The first-order valence-corrected chi connectivity index (χ1v) is 6.45. The Morgan fingerprint density at radius 3 is 1.90 bits per heavy atom. The van der Waals surface area contributed by atoms with Gasteiger partial charge in [0.05, 0.1) is 0 Å². The number of carbonyl (C=O) groups excluding carboxylic acids is 1. The molecule has 4 nitrogen and oxygen atoms in total. The Labute approximate surface area is 119 Å². The normalized spacial score (nSPS) is 12.7. The second-order valence-corrected chi connectivity index (χ2v) is 5.84. The maximum absolute atomic E-state index is 11.9. The quantitative estimate of drug-likeness (QED) is 0.831. The van der Waals surface area contributed by atoms with E-state index in [1.807, 2.05) is 24.3 Å². The molecular formula is C16H21NO3. The number of hydrogen-bond acceptors (Lipinski definition) is 2. The number of rotatable bonds is 3. The summed E-state index contributed by atoms with van der Waals surface area (Å²) >= 11 is 0. The third-order valence-electron chi connectivity index (χ3n) is 3.23. The first-order valence-electron chi connectivity index (χ1n) is 6.45. The van der Waals surface area contributed by atoms with E-state index < -0.39 is 11.9 Å². The van der Waals surface area contributed by atoms with Gasteiger partial charge in [-0.1, -0.05) is 32.9 Å². The van der Waals surface area contributed by atoms with Crippen LogP contribution in [0, 0.1) is 0 Å². The Bertz CT molecular complexity index is 548. The minimum atomic E-state index is -1.08. The molecule has 0 spiro atoms. The van der Waals surface area contributed by atoms with Gasteiger partial charge in [0.15, 0.2) is 0 Å². The van der Waals surface area contributed by atoms with Gasteiger partial charge in [-0.05, 0) is 37.0 Å². The van der Waals surface area contributed by atoms with Crippen molar-refractivity contribution in [1.82, 2.24) is 0 Å². The number of anilines is 1. The molecule has 4 heteroatoms. The van der Waals surface area contributed by atoms with E-state index in [2.05, 4.69) is 26.1 Å². The van der Waals surface area contributed by atoms with Gasteiger partial charge in [0.2, 0.25) is 0 Å². The summed E-state index contributed by atoms with van der Waals surface area (Å²) in [7, 11) is 0. The summed E-state index contributed by atoms with van der Waals surface area (Å²) in [6.07, 6.45) is 0. The zero-order valence-electron chi connectivity index (χ0n) is 12.6. The molecule has 0 aromatic heterocycles. The summed E-state index contributed by atoms with van der Waals surface area (Å²) in [6.45, 7) is 9.26. The highest BCUT2D eigenvalue weighted by molar-refractivity contribution is 6.08. The molecule has 0 atom stereocenters. The van der Waals surface area contributed by atoms with Crippen LogP contribution in [0.4, 0.5) is 5.69 Å². The molecule has 0 saturated carbocycles. The minimum Gasteiger partial charge on any atom is -0.478 e. The predicted molar refractivity (Wildman–Crippen MR) is 79.8 cm³/mol. The summed E-state index contributed by atoms with van der Waals surface area (Å²) in [6, 6.07) is 7.56.